The molecule has 0 aromatic heterocycles. The molecule has 1 aromatic carbocycles. The molecule has 1 saturated carbocycles. The number of hydrogen-bond acceptors (Lipinski definition) is 5. The van der Waals surface area contributed by atoms with Gasteiger partial charge in [-0.3, -0.25) is 9.59 Å². The second-order valence-corrected chi connectivity index (χ2v) is 7.29. The largest absolute Gasteiger partial charge is 0.497 e. The summed E-state index contributed by atoms with van der Waals surface area (Å²) in [7, 11) is 3.16. The van der Waals surface area contributed by atoms with Crippen molar-refractivity contribution < 1.29 is 28.9 Å². The molecule has 2 N–H and O–H groups in total. The molecule has 0 heterocycles. The zero-order valence-electron chi connectivity index (χ0n) is 16.7. The van der Waals surface area contributed by atoms with Gasteiger partial charge in [0.1, 0.15) is 18.1 Å². The van der Waals surface area contributed by atoms with Gasteiger partial charge in [-0.15, -0.1) is 0 Å². The molecule has 0 radical (unpaired) electrons. The summed E-state index contributed by atoms with van der Waals surface area (Å²) in [5.74, 6) is -0.0354. The first-order chi connectivity index (χ1) is 13.5. The summed E-state index contributed by atoms with van der Waals surface area (Å²) in [5.41, 5.74) is -0.600. The molecule has 2 rings (SSSR count). The topological polar surface area (TPSA) is 94.1 Å². The zero-order chi connectivity index (χ0) is 20.4. The number of aliphatic carboxylic acids is 1. The highest BCUT2D eigenvalue weighted by atomic mass is 16.5. The fourth-order valence-electron chi connectivity index (χ4n) is 3.81. The van der Waals surface area contributed by atoms with Crippen LogP contribution in [0.15, 0.2) is 24.3 Å². The van der Waals surface area contributed by atoms with E-state index in [1.54, 1.807) is 14.2 Å². The average molecular weight is 393 g/mol. The van der Waals surface area contributed by atoms with Crippen LogP contribution in [-0.2, 0) is 14.3 Å². The van der Waals surface area contributed by atoms with E-state index in [-0.39, 0.29) is 5.91 Å². The quantitative estimate of drug-likeness (QED) is 0.530. The Kier molecular flexibility index (Phi) is 8.57. The van der Waals surface area contributed by atoms with Crippen molar-refractivity contribution in [1.82, 2.24) is 5.32 Å². The van der Waals surface area contributed by atoms with Gasteiger partial charge in [0.25, 0.3) is 0 Å². The summed E-state index contributed by atoms with van der Waals surface area (Å²) in [6, 6.07) is 7.25. The molecule has 1 aliphatic carbocycles. The Labute approximate surface area is 166 Å². The fourth-order valence-corrected chi connectivity index (χ4v) is 3.81. The molecule has 1 atom stereocenters. The Morgan fingerprint density at radius 1 is 1.11 bits per heavy atom. The van der Waals surface area contributed by atoms with Crippen LogP contribution >= 0.6 is 0 Å². The highest BCUT2D eigenvalue weighted by Gasteiger charge is 2.43. The lowest BCUT2D eigenvalue weighted by atomic mass is 9.76. The highest BCUT2D eigenvalue weighted by molar-refractivity contribution is 5.83. The summed E-state index contributed by atoms with van der Waals surface area (Å²) >= 11 is 0. The molecule has 1 amide bonds. The van der Waals surface area contributed by atoms with E-state index < -0.39 is 17.3 Å². The number of ether oxygens (including phenoxy) is 3. The predicted octanol–water partition coefficient (Wildman–Crippen LogP) is 2.88. The van der Waals surface area contributed by atoms with Crippen LogP contribution in [0.1, 0.15) is 38.5 Å². The summed E-state index contributed by atoms with van der Waals surface area (Å²) < 4.78 is 15.8. The van der Waals surface area contributed by atoms with E-state index in [0.717, 1.165) is 31.4 Å². The second kappa shape index (κ2) is 10.9. The standard InChI is InChI=1S/C21H31NO6/c1-26-13-9-16(19(23)24)15-21(10-3-4-11-21)20(25)22-12-14-28-18-7-5-17(27-2)6-8-18/h5-8,16H,3-4,9-15H2,1-2H3,(H,22,25)(H,23,24). The molecule has 156 valence electrons. The van der Waals surface area contributed by atoms with Gasteiger partial charge in [-0.1, -0.05) is 12.8 Å². The SMILES string of the molecule is COCCC(CC1(C(=O)NCCOc2ccc(OC)cc2)CCCC1)C(=O)O. The molecular formula is C21H31NO6. The number of carboxylic acids is 1. The van der Waals surface area contributed by atoms with Crippen LogP contribution in [0.2, 0.25) is 0 Å². The maximum atomic E-state index is 12.9. The third kappa shape index (κ3) is 6.12. The summed E-state index contributed by atoms with van der Waals surface area (Å²) in [4.78, 5) is 24.5. The molecular weight excluding hydrogens is 362 g/mol. The molecule has 7 nitrogen and oxygen atoms in total. The van der Waals surface area contributed by atoms with E-state index >= 15 is 0 Å². The number of carbonyl (C=O) groups excluding carboxylic acids is 1. The van der Waals surface area contributed by atoms with Gasteiger partial charge in [0.15, 0.2) is 0 Å². The number of nitrogens with one attached hydrogen (secondary N) is 1. The Morgan fingerprint density at radius 2 is 1.75 bits per heavy atom. The maximum absolute atomic E-state index is 12.9. The molecule has 1 unspecified atom stereocenters. The van der Waals surface area contributed by atoms with Crippen molar-refractivity contribution in [2.24, 2.45) is 11.3 Å². The van der Waals surface area contributed by atoms with Gasteiger partial charge in [0.2, 0.25) is 5.91 Å². The first kappa shape index (κ1) is 22.0. The monoisotopic (exact) mass is 393 g/mol. The Morgan fingerprint density at radius 3 is 2.32 bits per heavy atom. The van der Waals surface area contributed by atoms with E-state index in [1.165, 1.54) is 0 Å². The van der Waals surface area contributed by atoms with Gasteiger partial charge in [-0.25, -0.2) is 0 Å². The van der Waals surface area contributed by atoms with E-state index in [1.807, 2.05) is 24.3 Å². The van der Waals surface area contributed by atoms with Crippen LogP contribution in [0.3, 0.4) is 0 Å². The lowest BCUT2D eigenvalue weighted by Gasteiger charge is -2.30. The number of hydrogen-bond donors (Lipinski definition) is 2. The maximum Gasteiger partial charge on any atom is 0.306 e. The van der Waals surface area contributed by atoms with Crippen molar-refractivity contribution >= 4 is 11.9 Å². The van der Waals surface area contributed by atoms with Crippen LogP contribution in [0, 0.1) is 11.3 Å². The van der Waals surface area contributed by atoms with Gasteiger partial charge in [-0.05, 0) is 49.9 Å². The number of benzene rings is 1. The molecule has 0 spiro atoms. The smallest absolute Gasteiger partial charge is 0.306 e. The number of rotatable bonds is 12. The number of amides is 1. The summed E-state index contributed by atoms with van der Waals surface area (Å²) in [5, 5.41) is 12.5. The minimum absolute atomic E-state index is 0.0630. The molecule has 1 aliphatic rings. The molecule has 0 aliphatic heterocycles. The van der Waals surface area contributed by atoms with Crippen molar-refractivity contribution in [3.05, 3.63) is 24.3 Å². The van der Waals surface area contributed by atoms with Crippen molar-refractivity contribution in [1.29, 1.82) is 0 Å². The van der Waals surface area contributed by atoms with Crippen molar-refractivity contribution in [2.75, 3.05) is 34.0 Å². The van der Waals surface area contributed by atoms with Crippen LogP contribution in [0.25, 0.3) is 0 Å². The van der Waals surface area contributed by atoms with E-state index in [2.05, 4.69) is 5.32 Å². The Balaban J connectivity index is 1.86. The third-order valence-corrected chi connectivity index (χ3v) is 5.41. The van der Waals surface area contributed by atoms with Crippen LogP contribution in [-0.4, -0.2) is 51.0 Å². The van der Waals surface area contributed by atoms with Crippen molar-refractivity contribution in [3.8, 4) is 11.5 Å². The van der Waals surface area contributed by atoms with Crippen LogP contribution < -0.4 is 14.8 Å². The molecule has 1 aromatic rings. The molecule has 28 heavy (non-hydrogen) atoms. The lowest BCUT2D eigenvalue weighted by Crippen LogP contribution is -2.43. The van der Waals surface area contributed by atoms with Crippen LogP contribution in [0.4, 0.5) is 0 Å². The normalized spacial score (nSPS) is 16.4. The zero-order valence-corrected chi connectivity index (χ0v) is 16.7. The minimum Gasteiger partial charge on any atom is -0.497 e. The molecule has 0 saturated heterocycles. The third-order valence-electron chi connectivity index (χ3n) is 5.41. The van der Waals surface area contributed by atoms with Crippen molar-refractivity contribution in [2.45, 2.75) is 38.5 Å². The molecule has 7 heteroatoms. The van der Waals surface area contributed by atoms with Crippen LogP contribution in [0.5, 0.6) is 11.5 Å². The fraction of sp³-hybridized carbons (Fsp3) is 0.619. The van der Waals surface area contributed by atoms with E-state index in [4.69, 9.17) is 14.2 Å². The Bertz CT molecular complexity index is 624. The van der Waals surface area contributed by atoms with E-state index in [9.17, 15) is 14.7 Å². The van der Waals surface area contributed by atoms with Gasteiger partial charge < -0.3 is 24.6 Å². The molecule has 0 bridgehead atoms. The lowest BCUT2D eigenvalue weighted by molar-refractivity contribution is -0.145. The number of carbonyl (C=O) groups is 2. The summed E-state index contributed by atoms with van der Waals surface area (Å²) in [6.45, 7) is 1.10. The van der Waals surface area contributed by atoms with Gasteiger partial charge >= 0.3 is 5.97 Å². The van der Waals surface area contributed by atoms with Gasteiger partial charge in [-0.2, -0.15) is 0 Å². The molecule has 1 fully saturated rings. The van der Waals surface area contributed by atoms with Crippen molar-refractivity contribution in [3.63, 3.8) is 0 Å². The van der Waals surface area contributed by atoms with Gasteiger partial charge in [0.05, 0.1) is 19.6 Å². The van der Waals surface area contributed by atoms with Gasteiger partial charge in [0, 0.05) is 19.1 Å². The Hall–Kier alpha value is -2.28. The van der Waals surface area contributed by atoms with E-state index in [0.29, 0.717) is 38.3 Å². The number of carboxylic acid groups (broad SMARTS) is 1. The summed E-state index contributed by atoms with van der Waals surface area (Å²) in [6.07, 6.45) is 4.14. The first-order valence-electron chi connectivity index (χ1n) is 9.77. The second-order valence-electron chi connectivity index (χ2n) is 7.29. The highest BCUT2D eigenvalue weighted by Crippen LogP contribution is 2.44. The average Bonchev–Trinajstić information content (AvgIpc) is 3.18. The number of methoxy groups -OCH3 is 2. The predicted molar refractivity (Wildman–Crippen MR) is 105 cm³/mol. The first-order valence-corrected chi connectivity index (χ1v) is 9.77. The minimum atomic E-state index is -0.862.